The molecule has 0 atom stereocenters. The van der Waals surface area contributed by atoms with E-state index in [0.29, 0.717) is 11.1 Å². The van der Waals surface area contributed by atoms with Crippen molar-refractivity contribution in [1.29, 1.82) is 0 Å². The molecule has 0 aliphatic rings. The second-order valence-electron chi connectivity index (χ2n) is 4.50. The first kappa shape index (κ1) is 13.1. The molecule has 2 aromatic heterocycles. The molecule has 0 amide bonds. The Morgan fingerprint density at radius 1 is 1.05 bits per heavy atom. The van der Waals surface area contributed by atoms with E-state index in [0.717, 1.165) is 11.1 Å². The van der Waals surface area contributed by atoms with Crippen LogP contribution in [0.2, 0.25) is 0 Å². The molecular weight excluding hydrogens is 271 g/mol. The summed E-state index contributed by atoms with van der Waals surface area (Å²) < 4.78 is 13.0. The lowest BCUT2D eigenvalue weighted by atomic mass is 9.97. The van der Waals surface area contributed by atoms with Gasteiger partial charge in [-0.25, -0.2) is 9.18 Å². The number of carboxylic acids is 1. The maximum Gasteiger partial charge on any atom is 0.352 e. The Hall–Kier alpha value is -2.95. The van der Waals surface area contributed by atoms with Crippen LogP contribution in [0.25, 0.3) is 22.3 Å². The molecule has 0 aliphatic carbocycles. The van der Waals surface area contributed by atoms with Gasteiger partial charge in [0.05, 0.1) is 0 Å². The monoisotopic (exact) mass is 282 g/mol. The number of H-pyrrole nitrogens is 1. The van der Waals surface area contributed by atoms with Crippen molar-refractivity contribution in [3.63, 3.8) is 0 Å². The topological polar surface area (TPSA) is 66.0 Å². The number of halogens is 1. The lowest BCUT2D eigenvalue weighted by molar-refractivity contribution is 0.0692. The Morgan fingerprint density at radius 2 is 1.71 bits per heavy atom. The second kappa shape index (κ2) is 5.20. The van der Waals surface area contributed by atoms with Gasteiger partial charge in [0.1, 0.15) is 11.5 Å². The average Bonchev–Trinajstić information content (AvgIpc) is 2.94. The van der Waals surface area contributed by atoms with Crippen LogP contribution in [-0.2, 0) is 0 Å². The van der Waals surface area contributed by atoms with Gasteiger partial charge in [-0.05, 0) is 35.4 Å². The second-order valence-corrected chi connectivity index (χ2v) is 4.50. The first-order valence-electron chi connectivity index (χ1n) is 6.28. The van der Waals surface area contributed by atoms with E-state index in [-0.39, 0.29) is 11.5 Å². The number of benzene rings is 1. The highest BCUT2D eigenvalue weighted by Crippen LogP contribution is 2.34. The number of hydrogen-bond acceptors (Lipinski definition) is 2. The Bertz CT molecular complexity index is 780. The average molecular weight is 282 g/mol. The summed E-state index contributed by atoms with van der Waals surface area (Å²) in [6.07, 6.45) is 4.82. The van der Waals surface area contributed by atoms with Crippen LogP contribution in [0.5, 0.6) is 0 Å². The van der Waals surface area contributed by atoms with Crippen LogP contribution < -0.4 is 0 Å². The van der Waals surface area contributed by atoms with E-state index in [1.807, 2.05) is 0 Å². The summed E-state index contributed by atoms with van der Waals surface area (Å²) in [4.78, 5) is 18.1. The number of aromatic amines is 1. The summed E-state index contributed by atoms with van der Waals surface area (Å²) in [7, 11) is 0. The summed E-state index contributed by atoms with van der Waals surface area (Å²) in [5, 5.41) is 9.32. The molecule has 2 N–H and O–H groups in total. The first-order valence-corrected chi connectivity index (χ1v) is 6.28. The number of carboxylic acid groups (broad SMARTS) is 1. The molecule has 0 aliphatic heterocycles. The van der Waals surface area contributed by atoms with Crippen LogP contribution in [0.1, 0.15) is 10.5 Å². The third kappa shape index (κ3) is 2.41. The number of hydrogen-bond donors (Lipinski definition) is 2. The van der Waals surface area contributed by atoms with Gasteiger partial charge in [-0.15, -0.1) is 0 Å². The summed E-state index contributed by atoms with van der Waals surface area (Å²) in [6.45, 7) is 0. The molecule has 1 aromatic carbocycles. The van der Waals surface area contributed by atoms with Gasteiger partial charge in [0.15, 0.2) is 0 Å². The van der Waals surface area contributed by atoms with Crippen molar-refractivity contribution in [2.75, 3.05) is 0 Å². The standard InChI is InChI=1S/C16H11FN2O2/c17-12-3-1-10(2-4-12)13-9-19-15(16(20)21)14(13)11-5-7-18-8-6-11/h1-9,19H,(H,20,21). The minimum Gasteiger partial charge on any atom is -0.477 e. The molecule has 0 saturated heterocycles. The van der Waals surface area contributed by atoms with Crippen LogP contribution in [0.15, 0.2) is 55.0 Å². The number of nitrogens with zero attached hydrogens (tertiary/aromatic N) is 1. The molecule has 3 rings (SSSR count). The lowest BCUT2D eigenvalue weighted by Gasteiger charge is -2.06. The van der Waals surface area contributed by atoms with Crippen molar-refractivity contribution in [2.45, 2.75) is 0 Å². The Labute approximate surface area is 119 Å². The SMILES string of the molecule is O=C(O)c1[nH]cc(-c2ccc(F)cc2)c1-c1ccncc1. The number of pyridine rings is 1. The molecule has 21 heavy (non-hydrogen) atoms. The summed E-state index contributed by atoms with van der Waals surface area (Å²) in [5.74, 6) is -1.38. The van der Waals surface area contributed by atoms with E-state index in [4.69, 9.17) is 0 Å². The number of nitrogens with one attached hydrogen (secondary N) is 1. The zero-order valence-corrected chi connectivity index (χ0v) is 10.9. The third-order valence-electron chi connectivity index (χ3n) is 3.22. The Balaban J connectivity index is 2.22. The summed E-state index contributed by atoms with van der Waals surface area (Å²) in [6, 6.07) is 9.41. The first-order chi connectivity index (χ1) is 10.2. The van der Waals surface area contributed by atoms with E-state index in [9.17, 15) is 14.3 Å². The van der Waals surface area contributed by atoms with Crippen molar-refractivity contribution in [1.82, 2.24) is 9.97 Å². The molecule has 0 radical (unpaired) electrons. The zero-order valence-electron chi connectivity index (χ0n) is 10.9. The molecule has 0 unspecified atom stereocenters. The van der Waals surface area contributed by atoms with E-state index < -0.39 is 5.97 Å². The van der Waals surface area contributed by atoms with Crippen molar-refractivity contribution in [2.24, 2.45) is 0 Å². The number of carbonyl (C=O) groups is 1. The molecule has 5 heteroatoms. The molecule has 0 fully saturated rings. The van der Waals surface area contributed by atoms with Gasteiger partial charge in [0.25, 0.3) is 0 Å². The van der Waals surface area contributed by atoms with Gasteiger partial charge in [-0.2, -0.15) is 0 Å². The maximum atomic E-state index is 13.0. The van der Waals surface area contributed by atoms with E-state index >= 15 is 0 Å². The zero-order chi connectivity index (χ0) is 14.8. The van der Waals surface area contributed by atoms with Crippen LogP contribution in [-0.4, -0.2) is 21.0 Å². The van der Waals surface area contributed by atoms with Gasteiger partial charge in [0.2, 0.25) is 0 Å². The largest absolute Gasteiger partial charge is 0.477 e. The molecular formula is C16H11FN2O2. The van der Waals surface area contributed by atoms with Crippen molar-refractivity contribution in [3.05, 3.63) is 66.5 Å². The van der Waals surface area contributed by atoms with E-state index in [1.165, 1.54) is 12.1 Å². The predicted octanol–water partition coefficient (Wildman–Crippen LogP) is 3.58. The molecule has 0 saturated carbocycles. The summed E-state index contributed by atoms with van der Waals surface area (Å²) >= 11 is 0. The lowest BCUT2D eigenvalue weighted by Crippen LogP contribution is -1.99. The normalized spacial score (nSPS) is 10.5. The van der Waals surface area contributed by atoms with Crippen molar-refractivity contribution in [3.8, 4) is 22.3 Å². The van der Waals surface area contributed by atoms with Crippen LogP contribution in [0.4, 0.5) is 4.39 Å². The molecule has 4 nitrogen and oxygen atoms in total. The predicted molar refractivity (Wildman–Crippen MR) is 76.4 cm³/mol. The number of rotatable bonds is 3. The number of aromatic nitrogens is 2. The highest BCUT2D eigenvalue weighted by atomic mass is 19.1. The van der Waals surface area contributed by atoms with Crippen LogP contribution in [0, 0.1) is 5.82 Å². The molecule has 104 valence electrons. The Morgan fingerprint density at radius 3 is 2.33 bits per heavy atom. The molecule has 0 spiro atoms. The minimum atomic E-state index is -1.05. The Kier molecular flexibility index (Phi) is 3.23. The van der Waals surface area contributed by atoms with Gasteiger partial charge in [0, 0.05) is 29.7 Å². The minimum absolute atomic E-state index is 0.0977. The van der Waals surface area contributed by atoms with Gasteiger partial charge in [-0.3, -0.25) is 4.98 Å². The molecule has 2 heterocycles. The van der Waals surface area contributed by atoms with Gasteiger partial charge in [-0.1, -0.05) is 12.1 Å². The molecule has 3 aromatic rings. The van der Waals surface area contributed by atoms with Gasteiger partial charge < -0.3 is 10.1 Å². The smallest absolute Gasteiger partial charge is 0.352 e. The third-order valence-corrected chi connectivity index (χ3v) is 3.22. The van der Waals surface area contributed by atoms with Crippen molar-refractivity contribution >= 4 is 5.97 Å². The maximum absolute atomic E-state index is 13.0. The highest BCUT2D eigenvalue weighted by molar-refractivity contribution is 6.00. The number of aromatic carboxylic acids is 1. The fourth-order valence-electron chi connectivity index (χ4n) is 2.27. The fraction of sp³-hybridized carbons (Fsp3) is 0. The molecule has 0 bridgehead atoms. The van der Waals surface area contributed by atoms with Crippen LogP contribution in [0.3, 0.4) is 0 Å². The van der Waals surface area contributed by atoms with Crippen LogP contribution >= 0.6 is 0 Å². The quantitative estimate of drug-likeness (QED) is 0.771. The highest BCUT2D eigenvalue weighted by Gasteiger charge is 2.19. The van der Waals surface area contributed by atoms with Gasteiger partial charge >= 0.3 is 5.97 Å². The van der Waals surface area contributed by atoms with Crippen molar-refractivity contribution < 1.29 is 14.3 Å². The van der Waals surface area contributed by atoms with E-state index in [2.05, 4.69) is 9.97 Å². The fourth-order valence-corrected chi connectivity index (χ4v) is 2.27. The van der Waals surface area contributed by atoms with E-state index in [1.54, 1.807) is 42.9 Å². The summed E-state index contributed by atoms with van der Waals surface area (Å²) in [5.41, 5.74) is 2.85.